The van der Waals surface area contributed by atoms with Crippen LogP contribution < -0.4 is 0 Å². The summed E-state index contributed by atoms with van der Waals surface area (Å²) in [5.74, 6) is 2.01. The van der Waals surface area contributed by atoms with Crippen molar-refractivity contribution in [1.82, 2.24) is 19.9 Å². The molecule has 2 aromatic heterocycles. The summed E-state index contributed by atoms with van der Waals surface area (Å²) >= 11 is 0. The average Bonchev–Trinajstić information content (AvgIpc) is 3.81. The van der Waals surface area contributed by atoms with Gasteiger partial charge in [-0.3, -0.25) is 4.98 Å². The van der Waals surface area contributed by atoms with E-state index in [4.69, 9.17) is 15.0 Å². The first-order valence-electron chi connectivity index (χ1n) is 21.5. The van der Waals surface area contributed by atoms with Gasteiger partial charge in [-0.05, 0) is 133 Å². The molecular formula is C59H40N4. The summed E-state index contributed by atoms with van der Waals surface area (Å²) in [5, 5.41) is 0. The number of fused-ring (bicyclic) bond motifs is 10. The van der Waals surface area contributed by atoms with Crippen LogP contribution in [0, 0.1) is 13.8 Å². The minimum atomic E-state index is -0.524. The molecule has 63 heavy (non-hydrogen) atoms. The van der Waals surface area contributed by atoms with Crippen molar-refractivity contribution in [1.29, 1.82) is 0 Å². The molecule has 0 radical (unpaired) electrons. The van der Waals surface area contributed by atoms with Gasteiger partial charge in [0, 0.05) is 29.1 Å². The molecule has 2 aliphatic rings. The second-order valence-electron chi connectivity index (χ2n) is 16.7. The van der Waals surface area contributed by atoms with Gasteiger partial charge in [0.05, 0.1) is 5.41 Å². The highest BCUT2D eigenvalue weighted by atomic mass is 15.0. The van der Waals surface area contributed by atoms with Crippen LogP contribution in [-0.4, -0.2) is 19.9 Å². The fourth-order valence-electron chi connectivity index (χ4n) is 10.3. The number of nitrogens with zero attached hydrogens (tertiary/aromatic N) is 4. The third-order valence-electron chi connectivity index (χ3n) is 13.1. The Morgan fingerprint density at radius 3 is 1.57 bits per heavy atom. The van der Waals surface area contributed by atoms with Gasteiger partial charge in [-0.15, -0.1) is 0 Å². The lowest BCUT2D eigenvalue weighted by Crippen LogP contribution is -2.25. The summed E-state index contributed by atoms with van der Waals surface area (Å²) in [6.45, 7) is 4.10. The quantitative estimate of drug-likeness (QED) is 0.168. The molecule has 4 nitrogen and oxygen atoms in total. The van der Waals surface area contributed by atoms with Gasteiger partial charge in [-0.25, -0.2) is 15.0 Å². The monoisotopic (exact) mass is 804 g/mol. The fourth-order valence-corrected chi connectivity index (χ4v) is 10.3. The maximum atomic E-state index is 5.23. The van der Waals surface area contributed by atoms with E-state index < -0.39 is 5.41 Å². The third kappa shape index (κ3) is 5.83. The summed E-state index contributed by atoms with van der Waals surface area (Å²) in [4.78, 5) is 19.6. The van der Waals surface area contributed by atoms with Crippen molar-refractivity contribution in [2.75, 3.05) is 0 Å². The van der Waals surface area contributed by atoms with E-state index >= 15 is 0 Å². The first-order chi connectivity index (χ1) is 31.0. The largest absolute Gasteiger partial charge is 0.264 e. The zero-order valence-electron chi connectivity index (χ0n) is 34.9. The van der Waals surface area contributed by atoms with Crippen molar-refractivity contribution in [3.63, 3.8) is 0 Å². The van der Waals surface area contributed by atoms with E-state index in [-0.39, 0.29) is 0 Å². The lowest BCUT2D eigenvalue weighted by Gasteiger charge is -2.30. The molecule has 0 aliphatic heterocycles. The predicted octanol–water partition coefficient (Wildman–Crippen LogP) is 14.2. The van der Waals surface area contributed by atoms with E-state index in [9.17, 15) is 0 Å². The second kappa shape index (κ2) is 14.5. The topological polar surface area (TPSA) is 51.6 Å². The Kier molecular flexibility index (Phi) is 8.48. The molecular weight excluding hydrogens is 765 g/mol. The minimum absolute atomic E-state index is 0.524. The fraction of sp³-hybridized carbons (Fsp3) is 0.0508. The van der Waals surface area contributed by atoms with Crippen LogP contribution in [0.2, 0.25) is 0 Å². The zero-order valence-corrected chi connectivity index (χ0v) is 34.9. The van der Waals surface area contributed by atoms with Gasteiger partial charge in [0.1, 0.15) is 5.82 Å². The predicted molar refractivity (Wildman–Crippen MR) is 256 cm³/mol. The van der Waals surface area contributed by atoms with Crippen molar-refractivity contribution >= 4 is 0 Å². The van der Waals surface area contributed by atoms with Crippen LogP contribution in [0.4, 0.5) is 0 Å². The van der Waals surface area contributed by atoms with E-state index in [2.05, 4.69) is 200 Å². The standard InChI is InChI=1S/C59H40N4/c1-37-30-31-60-36-52(37)44-19-13-18-42(33-44)40-16-12-17-41(32-40)43-27-29-55-51(34-43)49-28-26-45(35-56(49)59(55)53-24-10-8-21-47(53)48-22-9-11-25-54(48)59)57-61-38(2)62-58(63-57)50-23-7-6-20-46(50)39-14-4-3-5-15-39/h3-36H,1-2H3. The number of hydrogen-bond donors (Lipinski definition) is 0. The highest BCUT2D eigenvalue weighted by Crippen LogP contribution is 2.63. The first kappa shape index (κ1) is 36.7. The van der Waals surface area contributed by atoms with Crippen molar-refractivity contribution in [2.45, 2.75) is 19.3 Å². The van der Waals surface area contributed by atoms with Gasteiger partial charge in [0.2, 0.25) is 0 Å². The molecule has 0 N–H and O–H groups in total. The molecule has 12 rings (SSSR count). The Hall–Kier alpha value is -8.08. The van der Waals surface area contributed by atoms with E-state index in [1.54, 1.807) is 0 Å². The minimum Gasteiger partial charge on any atom is -0.264 e. The Morgan fingerprint density at radius 2 is 0.857 bits per heavy atom. The van der Waals surface area contributed by atoms with Crippen molar-refractivity contribution < 1.29 is 0 Å². The van der Waals surface area contributed by atoms with Gasteiger partial charge >= 0.3 is 0 Å². The second-order valence-corrected chi connectivity index (χ2v) is 16.7. The molecule has 0 saturated carbocycles. The molecule has 0 bridgehead atoms. The maximum Gasteiger partial charge on any atom is 0.164 e. The van der Waals surface area contributed by atoms with Crippen molar-refractivity contribution in [3.8, 4) is 89.5 Å². The van der Waals surface area contributed by atoms with Crippen LogP contribution in [0.1, 0.15) is 33.6 Å². The number of hydrogen-bond acceptors (Lipinski definition) is 4. The summed E-state index contributed by atoms with van der Waals surface area (Å²) in [6, 6.07) is 70.5. The van der Waals surface area contributed by atoms with Gasteiger partial charge in [-0.1, -0.05) is 164 Å². The Bertz CT molecular complexity index is 3390. The van der Waals surface area contributed by atoms with Crippen LogP contribution >= 0.6 is 0 Å². The Balaban J connectivity index is 1.02. The number of pyridine rings is 1. The maximum absolute atomic E-state index is 5.23. The molecule has 0 atom stereocenters. The SMILES string of the molecule is Cc1nc(-c2ccc3c(c2)C2(c4ccccc4-c4ccccc42)c2ccc(-c4cccc(-c5cccc(-c6cnccc6C)c5)c4)cc2-3)nc(-c2ccccc2-c2ccccc2)n1. The van der Waals surface area contributed by atoms with Gasteiger partial charge < -0.3 is 0 Å². The van der Waals surface area contributed by atoms with E-state index in [1.807, 2.05) is 25.4 Å². The highest BCUT2D eigenvalue weighted by molar-refractivity contribution is 5.97. The van der Waals surface area contributed by atoms with Crippen LogP contribution in [-0.2, 0) is 5.41 Å². The molecule has 1 spiro atoms. The molecule has 8 aromatic carbocycles. The van der Waals surface area contributed by atoms with E-state index in [1.165, 1.54) is 77.9 Å². The number of benzene rings is 8. The molecule has 0 unspecified atom stereocenters. The molecule has 10 aromatic rings. The molecule has 0 saturated heterocycles. The summed E-state index contributed by atoms with van der Waals surface area (Å²) in [5.41, 5.74) is 22.0. The normalized spacial score (nSPS) is 12.7. The summed E-state index contributed by atoms with van der Waals surface area (Å²) in [6.07, 6.45) is 3.81. The lowest BCUT2D eigenvalue weighted by atomic mass is 9.70. The molecule has 2 aliphatic carbocycles. The van der Waals surface area contributed by atoms with Gasteiger partial charge in [-0.2, -0.15) is 0 Å². The third-order valence-corrected chi connectivity index (χ3v) is 13.1. The lowest BCUT2D eigenvalue weighted by molar-refractivity contribution is 0.794. The highest BCUT2D eigenvalue weighted by Gasteiger charge is 2.51. The number of rotatable bonds is 6. The number of aryl methyl sites for hydroxylation is 2. The zero-order chi connectivity index (χ0) is 42.1. The molecule has 0 fully saturated rings. The van der Waals surface area contributed by atoms with Crippen LogP contribution in [0.5, 0.6) is 0 Å². The Labute approximate surface area is 367 Å². The van der Waals surface area contributed by atoms with Crippen LogP contribution in [0.3, 0.4) is 0 Å². The van der Waals surface area contributed by atoms with E-state index in [0.717, 1.165) is 27.8 Å². The summed E-state index contributed by atoms with van der Waals surface area (Å²) in [7, 11) is 0. The Morgan fingerprint density at radius 1 is 0.317 bits per heavy atom. The van der Waals surface area contributed by atoms with Crippen molar-refractivity contribution in [3.05, 3.63) is 240 Å². The van der Waals surface area contributed by atoms with Crippen LogP contribution in [0.15, 0.2) is 207 Å². The van der Waals surface area contributed by atoms with Crippen molar-refractivity contribution in [2.24, 2.45) is 0 Å². The average molecular weight is 805 g/mol. The van der Waals surface area contributed by atoms with E-state index in [0.29, 0.717) is 17.5 Å². The summed E-state index contributed by atoms with van der Waals surface area (Å²) < 4.78 is 0. The van der Waals surface area contributed by atoms with Gasteiger partial charge in [0.15, 0.2) is 11.6 Å². The molecule has 2 heterocycles. The first-order valence-corrected chi connectivity index (χ1v) is 21.5. The van der Waals surface area contributed by atoms with Crippen LogP contribution in [0.25, 0.3) is 89.5 Å². The molecule has 296 valence electrons. The molecule has 4 heteroatoms. The molecule has 0 amide bonds. The number of aromatic nitrogens is 4. The van der Waals surface area contributed by atoms with Gasteiger partial charge in [0.25, 0.3) is 0 Å². The smallest absolute Gasteiger partial charge is 0.164 e.